The highest BCUT2D eigenvalue weighted by Crippen LogP contribution is 2.28. The summed E-state index contributed by atoms with van der Waals surface area (Å²) >= 11 is 0. The summed E-state index contributed by atoms with van der Waals surface area (Å²) in [6.45, 7) is 1.78. The molecule has 3 heterocycles. The lowest BCUT2D eigenvalue weighted by atomic mass is 10.2. The molecule has 2 aromatic rings. The van der Waals surface area contributed by atoms with Crippen LogP contribution in [0.2, 0.25) is 0 Å². The van der Waals surface area contributed by atoms with Gasteiger partial charge in [-0.25, -0.2) is 9.48 Å². The van der Waals surface area contributed by atoms with Crippen molar-refractivity contribution in [2.75, 3.05) is 0 Å². The maximum absolute atomic E-state index is 11.9. The number of nitrogens with zero attached hydrogens (tertiary/aromatic N) is 5. The molecule has 2 N–H and O–H groups in total. The molecule has 1 aliphatic rings. The van der Waals surface area contributed by atoms with Crippen LogP contribution < -0.4 is 11.2 Å². The second-order valence-corrected chi connectivity index (χ2v) is 5.35. The fraction of sp³-hybridized carbons (Fsp3) is 0.462. The SMILES string of the molecule is Cc1cn([C@H]2CC(O)[C@@H](Cn3cc(C#N)nn3)O2)c(=O)[nH]c1=O. The smallest absolute Gasteiger partial charge is 0.330 e. The summed E-state index contributed by atoms with van der Waals surface area (Å²) in [6.07, 6.45) is 0.956. The molecule has 2 aromatic heterocycles. The lowest BCUT2D eigenvalue weighted by Crippen LogP contribution is -2.33. The van der Waals surface area contributed by atoms with Gasteiger partial charge in [-0.3, -0.25) is 14.3 Å². The van der Waals surface area contributed by atoms with Gasteiger partial charge in [0, 0.05) is 18.2 Å². The van der Waals surface area contributed by atoms with E-state index in [1.54, 1.807) is 6.92 Å². The van der Waals surface area contributed by atoms with E-state index >= 15 is 0 Å². The Kier molecular flexibility index (Phi) is 3.81. The summed E-state index contributed by atoms with van der Waals surface area (Å²) in [7, 11) is 0. The van der Waals surface area contributed by atoms with Crippen LogP contribution in [0.3, 0.4) is 0 Å². The number of aryl methyl sites for hydroxylation is 1. The Morgan fingerprint density at radius 2 is 2.30 bits per heavy atom. The first-order valence-corrected chi connectivity index (χ1v) is 6.93. The van der Waals surface area contributed by atoms with Gasteiger partial charge in [-0.05, 0) is 6.92 Å². The zero-order valence-electron chi connectivity index (χ0n) is 12.2. The second-order valence-electron chi connectivity index (χ2n) is 5.35. The van der Waals surface area contributed by atoms with Crippen LogP contribution in [-0.2, 0) is 11.3 Å². The molecule has 1 aliphatic heterocycles. The summed E-state index contributed by atoms with van der Waals surface area (Å²) in [5.74, 6) is 0. The van der Waals surface area contributed by atoms with E-state index in [4.69, 9.17) is 10.00 Å². The molecule has 1 unspecified atom stereocenters. The monoisotopic (exact) mass is 318 g/mol. The number of nitrogens with one attached hydrogen (secondary N) is 1. The molecule has 0 aliphatic carbocycles. The van der Waals surface area contributed by atoms with Gasteiger partial charge in [-0.2, -0.15) is 5.26 Å². The van der Waals surface area contributed by atoms with Gasteiger partial charge in [-0.15, -0.1) is 5.10 Å². The molecular weight excluding hydrogens is 304 g/mol. The molecule has 0 spiro atoms. The van der Waals surface area contributed by atoms with Crippen molar-refractivity contribution >= 4 is 0 Å². The van der Waals surface area contributed by atoms with Crippen LogP contribution in [0.4, 0.5) is 0 Å². The van der Waals surface area contributed by atoms with Crippen molar-refractivity contribution in [2.45, 2.75) is 38.3 Å². The number of aliphatic hydroxyl groups excluding tert-OH is 1. The number of ether oxygens (including phenoxy) is 1. The average Bonchev–Trinajstić information content (AvgIpc) is 3.10. The molecule has 23 heavy (non-hydrogen) atoms. The van der Waals surface area contributed by atoms with Gasteiger partial charge in [0.15, 0.2) is 5.69 Å². The second kappa shape index (κ2) is 5.79. The maximum atomic E-state index is 11.9. The third kappa shape index (κ3) is 2.92. The molecule has 3 atom stereocenters. The van der Waals surface area contributed by atoms with Gasteiger partial charge in [0.25, 0.3) is 5.56 Å². The predicted octanol–water partition coefficient (Wildman–Crippen LogP) is -1.34. The van der Waals surface area contributed by atoms with E-state index < -0.39 is 29.7 Å². The van der Waals surface area contributed by atoms with E-state index in [9.17, 15) is 14.7 Å². The summed E-state index contributed by atoms with van der Waals surface area (Å²) in [4.78, 5) is 25.5. The highest BCUT2D eigenvalue weighted by molar-refractivity contribution is 5.13. The van der Waals surface area contributed by atoms with Crippen LogP contribution in [0.1, 0.15) is 23.9 Å². The van der Waals surface area contributed by atoms with Crippen LogP contribution in [-0.4, -0.2) is 41.9 Å². The minimum Gasteiger partial charge on any atom is -0.390 e. The standard InChI is InChI=1S/C13H14N6O4/c1-7-4-19(13(22)15-12(7)21)11-2-9(20)10(23-11)6-18-5-8(3-14)16-17-18/h4-5,9-11,20H,2,6H2,1H3,(H,15,21,22)/t9?,10-,11-/m1/s1. The van der Waals surface area contributed by atoms with E-state index in [1.165, 1.54) is 21.6 Å². The van der Waals surface area contributed by atoms with Crippen molar-refractivity contribution in [2.24, 2.45) is 0 Å². The molecule has 10 nitrogen and oxygen atoms in total. The number of hydrogen-bond acceptors (Lipinski definition) is 7. The number of aromatic amines is 1. The molecule has 0 radical (unpaired) electrons. The number of hydrogen-bond donors (Lipinski definition) is 2. The fourth-order valence-corrected chi connectivity index (χ4v) is 2.47. The number of nitriles is 1. The molecule has 0 aromatic carbocycles. The highest BCUT2D eigenvalue weighted by atomic mass is 16.5. The van der Waals surface area contributed by atoms with E-state index in [-0.39, 0.29) is 18.7 Å². The average molecular weight is 318 g/mol. The topological polar surface area (TPSA) is 139 Å². The fourth-order valence-electron chi connectivity index (χ4n) is 2.47. The Morgan fingerprint density at radius 3 is 3.00 bits per heavy atom. The van der Waals surface area contributed by atoms with Gasteiger partial charge < -0.3 is 9.84 Å². The van der Waals surface area contributed by atoms with Gasteiger partial charge >= 0.3 is 5.69 Å². The minimum atomic E-state index is -0.811. The lowest BCUT2D eigenvalue weighted by molar-refractivity contribution is -0.0302. The van der Waals surface area contributed by atoms with E-state index in [1.807, 2.05) is 6.07 Å². The lowest BCUT2D eigenvalue weighted by Gasteiger charge is -2.16. The molecule has 1 saturated heterocycles. The Labute approximate surface area is 129 Å². The minimum absolute atomic E-state index is 0.168. The van der Waals surface area contributed by atoms with E-state index in [0.717, 1.165) is 0 Å². The van der Waals surface area contributed by atoms with Crippen LogP contribution in [0, 0.1) is 18.3 Å². The largest absolute Gasteiger partial charge is 0.390 e. The molecule has 1 fully saturated rings. The molecule has 10 heteroatoms. The Balaban J connectivity index is 1.78. The zero-order valence-corrected chi connectivity index (χ0v) is 12.2. The number of aromatic nitrogens is 5. The third-order valence-electron chi connectivity index (χ3n) is 3.68. The molecule has 0 bridgehead atoms. The molecule has 3 rings (SSSR count). The van der Waals surface area contributed by atoms with Crippen LogP contribution in [0.25, 0.3) is 0 Å². The number of rotatable bonds is 3. The van der Waals surface area contributed by atoms with Crippen LogP contribution >= 0.6 is 0 Å². The Morgan fingerprint density at radius 1 is 1.52 bits per heavy atom. The normalized spacial score (nSPS) is 23.8. The van der Waals surface area contributed by atoms with Crippen molar-refractivity contribution < 1.29 is 9.84 Å². The summed E-state index contributed by atoms with van der Waals surface area (Å²) in [5, 5.41) is 26.2. The first-order valence-electron chi connectivity index (χ1n) is 6.93. The van der Waals surface area contributed by atoms with Crippen molar-refractivity contribution in [3.63, 3.8) is 0 Å². The van der Waals surface area contributed by atoms with Crippen molar-refractivity contribution in [3.8, 4) is 6.07 Å². The summed E-state index contributed by atoms with van der Waals surface area (Å²) in [6, 6.07) is 1.86. The van der Waals surface area contributed by atoms with Crippen LogP contribution in [0.5, 0.6) is 0 Å². The summed E-state index contributed by atoms with van der Waals surface area (Å²) in [5.41, 5.74) is -0.499. The Bertz CT molecular complexity index is 876. The predicted molar refractivity (Wildman–Crippen MR) is 75.3 cm³/mol. The molecule has 0 amide bonds. The molecule has 120 valence electrons. The van der Waals surface area contributed by atoms with Gasteiger partial charge in [0.2, 0.25) is 0 Å². The summed E-state index contributed by atoms with van der Waals surface area (Å²) < 4.78 is 8.35. The van der Waals surface area contributed by atoms with Gasteiger partial charge in [-0.1, -0.05) is 5.21 Å². The van der Waals surface area contributed by atoms with Crippen molar-refractivity contribution in [1.82, 2.24) is 24.5 Å². The quantitative estimate of drug-likeness (QED) is 0.713. The third-order valence-corrected chi connectivity index (χ3v) is 3.68. The molecular formula is C13H14N6O4. The van der Waals surface area contributed by atoms with E-state index in [0.29, 0.717) is 5.56 Å². The number of H-pyrrole nitrogens is 1. The number of aliphatic hydroxyl groups is 1. The van der Waals surface area contributed by atoms with Crippen LogP contribution in [0.15, 0.2) is 22.0 Å². The van der Waals surface area contributed by atoms with Gasteiger partial charge in [0.1, 0.15) is 18.4 Å². The highest BCUT2D eigenvalue weighted by Gasteiger charge is 2.36. The maximum Gasteiger partial charge on any atom is 0.330 e. The first kappa shape index (κ1) is 15.1. The van der Waals surface area contributed by atoms with Crippen molar-refractivity contribution in [1.29, 1.82) is 5.26 Å². The van der Waals surface area contributed by atoms with Crippen molar-refractivity contribution in [3.05, 3.63) is 44.5 Å². The van der Waals surface area contributed by atoms with E-state index in [2.05, 4.69) is 15.3 Å². The molecule has 0 saturated carbocycles. The zero-order chi connectivity index (χ0) is 16.6. The first-order chi connectivity index (χ1) is 11.0. The Hall–Kier alpha value is -2.77. The van der Waals surface area contributed by atoms with Gasteiger partial charge in [0.05, 0.1) is 18.8 Å².